The quantitative estimate of drug-likeness (QED) is 0.699. The van der Waals surface area contributed by atoms with Crippen LogP contribution < -0.4 is 4.74 Å². The molecule has 1 unspecified atom stereocenters. The summed E-state index contributed by atoms with van der Waals surface area (Å²) in [4.78, 5) is 12.1. The number of ether oxygens (including phenoxy) is 1. The number of Topliss-reactive ketones (excluding diaryl/α,β-unsaturated/α-hetero) is 1. The van der Waals surface area contributed by atoms with E-state index >= 15 is 0 Å². The molecule has 0 spiro atoms. The van der Waals surface area contributed by atoms with Crippen molar-refractivity contribution in [3.63, 3.8) is 0 Å². The maximum atomic E-state index is 12.1. The van der Waals surface area contributed by atoms with Crippen LogP contribution in [-0.4, -0.2) is 50.7 Å². The van der Waals surface area contributed by atoms with Crippen LogP contribution in [0.15, 0.2) is 36.4 Å². The number of hydrogen-bond acceptors (Lipinski definition) is 5. The van der Waals surface area contributed by atoms with Crippen LogP contribution in [0.3, 0.4) is 0 Å². The number of ketones is 1. The third-order valence-corrected chi connectivity index (χ3v) is 3.25. The molecule has 2 aromatic rings. The molecule has 5 nitrogen and oxygen atoms in total. The number of hydrogen-bond donors (Lipinski definition) is 3. The Hall–Kier alpha value is -1.69. The van der Waals surface area contributed by atoms with E-state index in [9.17, 15) is 20.1 Å². The van der Waals surface area contributed by atoms with Crippen LogP contribution in [0.2, 0.25) is 0 Å². The van der Waals surface area contributed by atoms with E-state index in [1.807, 2.05) is 0 Å². The number of phenolic OH excluding ortho intramolecular Hbond substituents is 3. The van der Waals surface area contributed by atoms with E-state index in [0.717, 1.165) is 11.6 Å². The zero-order valence-electron chi connectivity index (χ0n) is 10.4. The fourth-order valence-corrected chi connectivity index (χ4v) is 2.30. The first-order valence-electron chi connectivity index (χ1n) is 6.09. The average Bonchev–Trinajstić information content (AvgIpc) is 2.38. The van der Waals surface area contributed by atoms with Gasteiger partial charge in [0.15, 0.2) is 5.78 Å². The van der Waals surface area contributed by atoms with Crippen molar-refractivity contribution in [3.05, 3.63) is 47.5 Å². The Morgan fingerprint density at radius 3 is 2.33 bits per heavy atom. The first kappa shape index (κ1) is 15.7. The summed E-state index contributed by atoms with van der Waals surface area (Å²) in [6.07, 6.45) is -0.410. The molecule has 0 radical (unpaired) electrons. The maximum absolute atomic E-state index is 12.1. The Bertz CT molecular complexity index is 681. The van der Waals surface area contributed by atoms with E-state index < -0.39 is 6.10 Å². The second-order valence-electron chi connectivity index (χ2n) is 4.66. The summed E-state index contributed by atoms with van der Waals surface area (Å²) in [5.74, 6) is -0.403. The summed E-state index contributed by atoms with van der Waals surface area (Å²) < 4.78 is 5.67. The molecule has 2 aromatic carbocycles. The molecule has 0 aromatic heterocycles. The van der Waals surface area contributed by atoms with Gasteiger partial charge in [-0.3, -0.25) is 4.79 Å². The number of rotatable bonds is 1. The van der Waals surface area contributed by atoms with E-state index in [1.165, 1.54) is 18.2 Å². The van der Waals surface area contributed by atoms with E-state index in [4.69, 9.17) is 4.74 Å². The fraction of sp³-hybridized carbons (Fsp3) is 0.133. The van der Waals surface area contributed by atoms with Gasteiger partial charge in [0.2, 0.25) is 0 Å². The standard InChI is InChI=1S/C15H12O5.Na.H/c16-9-3-1-8(2-4-9)13-7-12(19)15-11(18)5-10(17)6-14(15)20-13;;/h1-6,13,16-18H,7H2;;. The second-order valence-corrected chi connectivity index (χ2v) is 4.66. The van der Waals surface area contributed by atoms with Gasteiger partial charge in [0, 0.05) is 12.1 Å². The van der Waals surface area contributed by atoms with Gasteiger partial charge in [-0.25, -0.2) is 0 Å². The molecule has 1 atom stereocenters. The molecule has 0 saturated carbocycles. The van der Waals surface area contributed by atoms with Gasteiger partial charge in [0.1, 0.15) is 34.7 Å². The third kappa shape index (κ3) is 3.00. The van der Waals surface area contributed by atoms with Gasteiger partial charge in [0.05, 0.1) is 6.42 Å². The van der Waals surface area contributed by atoms with E-state index in [-0.39, 0.29) is 70.3 Å². The van der Waals surface area contributed by atoms with Crippen molar-refractivity contribution in [3.8, 4) is 23.0 Å². The molecular weight excluding hydrogens is 283 g/mol. The van der Waals surface area contributed by atoms with Crippen molar-refractivity contribution < 1.29 is 24.9 Å². The number of aromatic hydroxyl groups is 3. The van der Waals surface area contributed by atoms with Crippen molar-refractivity contribution in [1.82, 2.24) is 0 Å². The van der Waals surface area contributed by atoms with Crippen molar-refractivity contribution in [2.75, 3.05) is 0 Å². The molecule has 0 fully saturated rings. The summed E-state index contributed by atoms with van der Waals surface area (Å²) in [6, 6.07) is 8.78. The Balaban J connectivity index is 0.00000161. The van der Waals surface area contributed by atoms with Crippen molar-refractivity contribution in [2.24, 2.45) is 0 Å². The summed E-state index contributed by atoms with van der Waals surface area (Å²) in [5, 5.41) is 28.4. The van der Waals surface area contributed by atoms with Crippen LogP contribution >= 0.6 is 0 Å². The van der Waals surface area contributed by atoms with Crippen LogP contribution in [0, 0.1) is 0 Å². The SMILES string of the molecule is O=C1CC(c2ccc(O)cc2)Oc2cc(O)cc(O)c21.[NaH]. The molecule has 21 heavy (non-hydrogen) atoms. The molecule has 3 N–H and O–H groups in total. The molecule has 0 bridgehead atoms. The summed E-state index contributed by atoms with van der Waals surface area (Å²) >= 11 is 0. The molecule has 0 aliphatic carbocycles. The van der Waals surface area contributed by atoms with Gasteiger partial charge in [0.25, 0.3) is 0 Å². The Morgan fingerprint density at radius 2 is 1.67 bits per heavy atom. The monoisotopic (exact) mass is 296 g/mol. The van der Waals surface area contributed by atoms with Gasteiger partial charge in [-0.15, -0.1) is 0 Å². The Kier molecular flexibility index (Phi) is 4.46. The molecular formula is C15H13NaO5. The van der Waals surface area contributed by atoms with E-state index in [0.29, 0.717) is 0 Å². The molecule has 1 aliphatic rings. The van der Waals surface area contributed by atoms with Crippen molar-refractivity contribution >= 4 is 35.3 Å². The first-order valence-corrected chi connectivity index (χ1v) is 6.09. The topological polar surface area (TPSA) is 87.0 Å². The molecule has 1 aliphatic heterocycles. The number of benzene rings is 2. The molecule has 0 amide bonds. The van der Waals surface area contributed by atoms with Crippen LogP contribution in [0.1, 0.15) is 28.4 Å². The van der Waals surface area contributed by atoms with Crippen LogP contribution in [0.25, 0.3) is 0 Å². The zero-order chi connectivity index (χ0) is 14.3. The van der Waals surface area contributed by atoms with Crippen molar-refractivity contribution in [2.45, 2.75) is 12.5 Å². The summed E-state index contributed by atoms with van der Waals surface area (Å²) in [7, 11) is 0. The predicted molar refractivity (Wildman–Crippen MR) is 77.3 cm³/mol. The van der Waals surface area contributed by atoms with Gasteiger partial charge in [-0.05, 0) is 17.7 Å². The van der Waals surface area contributed by atoms with Crippen LogP contribution in [-0.2, 0) is 0 Å². The van der Waals surface area contributed by atoms with Gasteiger partial charge >= 0.3 is 29.6 Å². The molecule has 1 heterocycles. The predicted octanol–water partition coefficient (Wildman–Crippen LogP) is 1.86. The number of phenols is 3. The Morgan fingerprint density at radius 1 is 1.00 bits per heavy atom. The summed E-state index contributed by atoms with van der Waals surface area (Å²) in [5.41, 5.74) is 0.836. The minimum atomic E-state index is -0.503. The molecule has 6 heteroatoms. The summed E-state index contributed by atoms with van der Waals surface area (Å²) in [6.45, 7) is 0. The van der Waals surface area contributed by atoms with Gasteiger partial charge < -0.3 is 20.1 Å². The normalized spacial score (nSPS) is 16.6. The number of carbonyl (C=O) groups is 1. The number of fused-ring (bicyclic) bond motifs is 1. The average molecular weight is 296 g/mol. The zero-order valence-corrected chi connectivity index (χ0v) is 10.4. The number of carbonyl (C=O) groups excluding carboxylic acids is 1. The van der Waals surface area contributed by atoms with Crippen LogP contribution in [0.5, 0.6) is 23.0 Å². The molecule has 3 rings (SSSR count). The third-order valence-electron chi connectivity index (χ3n) is 3.25. The van der Waals surface area contributed by atoms with Gasteiger partial charge in [-0.2, -0.15) is 0 Å². The second kappa shape index (κ2) is 5.97. The minimum absolute atomic E-state index is 0. The molecule has 0 saturated heterocycles. The van der Waals surface area contributed by atoms with Crippen molar-refractivity contribution in [1.29, 1.82) is 0 Å². The first-order chi connectivity index (χ1) is 9.54. The molecule has 104 valence electrons. The van der Waals surface area contributed by atoms with E-state index in [1.54, 1.807) is 12.1 Å². The Labute approximate surface area is 143 Å². The van der Waals surface area contributed by atoms with E-state index in [2.05, 4.69) is 0 Å². The van der Waals surface area contributed by atoms with Crippen LogP contribution in [0.4, 0.5) is 0 Å². The fourth-order valence-electron chi connectivity index (χ4n) is 2.30. The van der Waals surface area contributed by atoms with Gasteiger partial charge in [-0.1, -0.05) is 12.1 Å².